The zero-order valence-electron chi connectivity index (χ0n) is 17.5. The van der Waals surface area contributed by atoms with Crippen molar-refractivity contribution in [2.24, 2.45) is 35.5 Å². The van der Waals surface area contributed by atoms with E-state index < -0.39 is 12.0 Å². The Morgan fingerprint density at radius 1 is 1.00 bits per heavy atom. The molecule has 1 saturated heterocycles. The number of likely N-dealkylation sites (tertiary alicyclic amines) is 1. The normalized spacial score (nSPS) is 32.5. The summed E-state index contributed by atoms with van der Waals surface area (Å²) < 4.78 is 5.67. The van der Waals surface area contributed by atoms with E-state index in [1.54, 1.807) is 42.5 Å². The quantitative estimate of drug-likeness (QED) is 0.302. The molecule has 5 nitrogen and oxygen atoms in total. The second kappa shape index (κ2) is 7.04. The van der Waals surface area contributed by atoms with Gasteiger partial charge in [-0.3, -0.25) is 14.5 Å². The van der Waals surface area contributed by atoms with Crippen LogP contribution in [0.25, 0.3) is 0 Å². The highest BCUT2D eigenvalue weighted by atomic mass is 35.5. The molecule has 0 radical (unpaired) electrons. The van der Waals surface area contributed by atoms with Gasteiger partial charge in [-0.1, -0.05) is 54.1 Å². The minimum Gasteiger partial charge on any atom is -0.425 e. The summed E-state index contributed by atoms with van der Waals surface area (Å²) in [4.78, 5) is 41.9. The van der Waals surface area contributed by atoms with Crippen LogP contribution in [-0.4, -0.2) is 22.7 Å². The third-order valence-electron chi connectivity index (χ3n) is 7.64. The maximum absolute atomic E-state index is 13.6. The summed E-state index contributed by atoms with van der Waals surface area (Å²) in [6.45, 7) is 1.82. The van der Waals surface area contributed by atoms with Gasteiger partial charge in [0.25, 0.3) is 0 Å². The Morgan fingerprint density at radius 2 is 1.62 bits per heavy atom. The van der Waals surface area contributed by atoms with Crippen LogP contribution in [0, 0.1) is 42.4 Å². The number of aryl methyl sites for hydroxylation is 1. The monoisotopic (exact) mass is 447 g/mol. The molecule has 162 valence electrons. The highest BCUT2D eigenvalue weighted by molar-refractivity contribution is 6.31. The van der Waals surface area contributed by atoms with E-state index in [2.05, 4.69) is 12.2 Å². The van der Waals surface area contributed by atoms with Crippen molar-refractivity contribution in [3.05, 3.63) is 76.8 Å². The Morgan fingerprint density at radius 3 is 2.22 bits per heavy atom. The number of rotatable bonds is 4. The van der Waals surface area contributed by atoms with Gasteiger partial charge in [-0.25, -0.2) is 4.79 Å². The molecule has 7 rings (SSSR count). The van der Waals surface area contributed by atoms with Crippen LogP contribution in [0.15, 0.2) is 60.7 Å². The van der Waals surface area contributed by atoms with Crippen molar-refractivity contribution in [1.29, 1.82) is 0 Å². The number of amides is 2. The second-order valence-electron chi connectivity index (χ2n) is 9.35. The molecule has 4 aliphatic carbocycles. The molecule has 32 heavy (non-hydrogen) atoms. The molecule has 3 fully saturated rings. The van der Waals surface area contributed by atoms with Crippen molar-refractivity contribution >= 4 is 29.4 Å². The first-order chi connectivity index (χ1) is 15.5. The fourth-order valence-corrected chi connectivity index (χ4v) is 6.23. The van der Waals surface area contributed by atoms with Crippen LogP contribution >= 0.6 is 11.6 Å². The van der Waals surface area contributed by atoms with E-state index in [0.717, 1.165) is 12.0 Å². The van der Waals surface area contributed by atoms with E-state index in [1.807, 2.05) is 13.0 Å². The Labute approximate surface area is 191 Å². The largest absolute Gasteiger partial charge is 0.425 e. The summed E-state index contributed by atoms with van der Waals surface area (Å²) in [6.07, 6.45) is 5.35. The van der Waals surface area contributed by atoms with Crippen LogP contribution in [0.2, 0.25) is 5.02 Å². The van der Waals surface area contributed by atoms with Crippen LogP contribution in [0.5, 0.6) is 5.75 Å². The number of ether oxygens (including phenoxy) is 1. The van der Waals surface area contributed by atoms with Crippen molar-refractivity contribution in [3.63, 3.8) is 0 Å². The molecular formula is C26H22ClNO4. The van der Waals surface area contributed by atoms with Crippen molar-refractivity contribution in [2.75, 3.05) is 0 Å². The van der Waals surface area contributed by atoms with Crippen molar-refractivity contribution < 1.29 is 19.1 Å². The van der Waals surface area contributed by atoms with Gasteiger partial charge in [0.05, 0.1) is 11.8 Å². The lowest BCUT2D eigenvalue weighted by Crippen LogP contribution is -2.41. The second-order valence-corrected chi connectivity index (χ2v) is 9.75. The molecule has 2 aromatic rings. The van der Waals surface area contributed by atoms with E-state index in [9.17, 15) is 14.4 Å². The molecule has 0 unspecified atom stereocenters. The van der Waals surface area contributed by atoms with Gasteiger partial charge in [-0.05, 0) is 66.3 Å². The molecular weight excluding hydrogens is 426 g/mol. The minimum absolute atomic E-state index is 0.0998. The fraction of sp³-hybridized carbons (Fsp3) is 0.346. The average molecular weight is 448 g/mol. The number of nitrogens with zero attached hydrogens (tertiary/aromatic N) is 1. The van der Waals surface area contributed by atoms with Crippen molar-refractivity contribution in [2.45, 2.75) is 19.4 Å². The smallest absolute Gasteiger partial charge is 0.339 e. The molecule has 1 aliphatic heterocycles. The first-order valence-corrected chi connectivity index (χ1v) is 11.4. The molecule has 2 aromatic carbocycles. The average Bonchev–Trinajstić information content (AvgIpc) is 3.57. The standard InChI is InChI=1S/C26H22ClNO4/c1-13-11-15(7-10-20(13)27)32-26(31)23(14-5-3-2-4-6-14)28-24(29)21-16-8-9-17(19-12-18(16)19)22(21)25(28)30/h2-11,16-19,21-23H,12H2,1H3/t16-,17-,18-,19-,21+,22+,23-/m0/s1. The molecule has 1 heterocycles. The molecule has 2 bridgehead atoms. The summed E-state index contributed by atoms with van der Waals surface area (Å²) in [5.41, 5.74) is 1.34. The summed E-state index contributed by atoms with van der Waals surface area (Å²) in [5, 5.41) is 0.569. The molecule has 2 amide bonds. The van der Waals surface area contributed by atoms with Crippen LogP contribution < -0.4 is 4.74 Å². The Balaban J connectivity index is 1.37. The Kier molecular flexibility index (Phi) is 4.34. The number of hydrogen-bond donors (Lipinski definition) is 0. The molecule has 0 N–H and O–H groups in total. The fourth-order valence-electron chi connectivity index (χ4n) is 6.11. The third-order valence-corrected chi connectivity index (χ3v) is 8.07. The summed E-state index contributed by atoms with van der Waals surface area (Å²) >= 11 is 6.09. The van der Waals surface area contributed by atoms with Gasteiger partial charge in [-0.15, -0.1) is 0 Å². The number of hydrogen-bond acceptors (Lipinski definition) is 4. The number of carbonyl (C=O) groups is 3. The van der Waals surface area contributed by atoms with Crippen LogP contribution in [0.1, 0.15) is 23.6 Å². The lowest BCUT2D eigenvalue weighted by Gasteiger charge is -2.37. The summed E-state index contributed by atoms with van der Waals surface area (Å²) in [6, 6.07) is 12.8. The van der Waals surface area contributed by atoms with E-state index in [1.165, 1.54) is 4.90 Å². The van der Waals surface area contributed by atoms with Gasteiger partial charge in [0.2, 0.25) is 11.8 Å². The van der Waals surface area contributed by atoms with Crippen LogP contribution in [0.4, 0.5) is 0 Å². The first-order valence-electron chi connectivity index (χ1n) is 11.0. The third kappa shape index (κ3) is 2.80. The van der Waals surface area contributed by atoms with E-state index in [-0.39, 0.29) is 35.5 Å². The predicted octanol–water partition coefficient (Wildman–Crippen LogP) is 4.35. The van der Waals surface area contributed by atoms with Gasteiger partial charge in [0.1, 0.15) is 5.75 Å². The minimum atomic E-state index is -1.12. The van der Waals surface area contributed by atoms with Crippen molar-refractivity contribution in [3.8, 4) is 5.75 Å². The number of imide groups is 1. The summed E-state index contributed by atoms with van der Waals surface area (Å²) in [7, 11) is 0. The van der Waals surface area contributed by atoms with Gasteiger partial charge in [-0.2, -0.15) is 0 Å². The van der Waals surface area contributed by atoms with E-state index in [0.29, 0.717) is 28.2 Å². The molecule has 0 aromatic heterocycles. The number of carbonyl (C=O) groups excluding carboxylic acids is 3. The van der Waals surface area contributed by atoms with Gasteiger partial charge in [0, 0.05) is 5.02 Å². The SMILES string of the molecule is Cc1cc(OC(=O)[C@H](c2ccccc2)N2C(=O)[C@@H]3[C@H]4C=C[C@@H]([C@@H]5C[C@@H]45)[C@H]3C2=O)ccc1Cl. The Hall–Kier alpha value is -2.92. The van der Waals surface area contributed by atoms with Crippen molar-refractivity contribution in [1.82, 2.24) is 4.90 Å². The van der Waals surface area contributed by atoms with Crippen LogP contribution in [0.3, 0.4) is 0 Å². The van der Waals surface area contributed by atoms with Gasteiger partial charge >= 0.3 is 5.97 Å². The molecule has 0 spiro atoms. The van der Waals surface area contributed by atoms with Gasteiger partial charge in [0.15, 0.2) is 6.04 Å². The molecule has 7 atom stereocenters. The number of halogens is 1. The van der Waals surface area contributed by atoms with Gasteiger partial charge < -0.3 is 4.74 Å². The number of allylic oxidation sites excluding steroid dienone is 2. The maximum atomic E-state index is 13.6. The van der Waals surface area contributed by atoms with Crippen LogP contribution in [-0.2, 0) is 14.4 Å². The number of esters is 1. The lowest BCUT2D eigenvalue weighted by atomic mass is 9.63. The highest BCUT2D eigenvalue weighted by Gasteiger charge is 2.68. The molecule has 6 heteroatoms. The topological polar surface area (TPSA) is 63.7 Å². The lowest BCUT2D eigenvalue weighted by molar-refractivity contribution is -0.154. The Bertz CT molecular complexity index is 1140. The highest BCUT2D eigenvalue weighted by Crippen LogP contribution is 2.65. The molecule has 5 aliphatic rings. The molecule has 2 saturated carbocycles. The predicted molar refractivity (Wildman–Crippen MR) is 118 cm³/mol. The zero-order chi connectivity index (χ0) is 22.1. The maximum Gasteiger partial charge on any atom is 0.339 e. The van der Waals surface area contributed by atoms with E-state index >= 15 is 0 Å². The van der Waals surface area contributed by atoms with E-state index in [4.69, 9.17) is 16.3 Å². The first kappa shape index (κ1) is 19.7. The summed E-state index contributed by atoms with van der Waals surface area (Å²) in [5.74, 6) is -0.336. The number of benzene rings is 2. The zero-order valence-corrected chi connectivity index (χ0v) is 18.2.